The molecular formula is C40H48O8. The Bertz CT molecular complexity index is 1810. The van der Waals surface area contributed by atoms with E-state index in [0.29, 0.717) is 17.0 Å². The van der Waals surface area contributed by atoms with Crippen molar-refractivity contribution < 1.29 is 39.9 Å². The largest absolute Gasteiger partial charge is 0.511 e. The molecule has 8 heteroatoms. The highest BCUT2D eigenvalue weighted by atomic mass is 16.4. The van der Waals surface area contributed by atoms with Gasteiger partial charge in [0.1, 0.15) is 22.8 Å². The van der Waals surface area contributed by atoms with E-state index in [1.807, 2.05) is 13.0 Å². The molecule has 6 rings (SSSR count). The number of benzene rings is 2. The molecule has 0 aliphatic heterocycles. The van der Waals surface area contributed by atoms with E-state index in [1.54, 1.807) is 26.8 Å². The lowest BCUT2D eigenvalue weighted by molar-refractivity contribution is -0.211. The van der Waals surface area contributed by atoms with Crippen LogP contribution in [-0.2, 0) is 22.4 Å². The van der Waals surface area contributed by atoms with Crippen LogP contribution in [0.3, 0.4) is 0 Å². The van der Waals surface area contributed by atoms with Crippen LogP contribution in [0.1, 0.15) is 107 Å². The van der Waals surface area contributed by atoms with Gasteiger partial charge in [-0.15, -0.1) is 0 Å². The summed E-state index contributed by atoms with van der Waals surface area (Å²) in [5.41, 5.74) is -2.98. The van der Waals surface area contributed by atoms with Crippen LogP contribution < -0.4 is 0 Å². The van der Waals surface area contributed by atoms with Gasteiger partial charge < -0.3 is 25.5 Å². The maximum absolute atomic E-state index is 14.6. The lowest BCUT2D eigenvalue weighted by Crippen LogP contribution is -2.73. The zero-order valence-corrected chi connectivity index (χ0v) is 29.0. The average molecular weight is 657 g/mol. The molecule has 2 aromatic carbocycles. The van der Waals surface area contributed by atoms with Crippen LogP contribution in [0.4, 0.5) is 0 Å². The Kier molecular flexibility index (Phi) is 8.11. The smallest absolute Gasteiger partial charge is 0.209 e. The van der Waals surface area contributed by atoms with Crippen molar-refractivity contribution in [2.24, 2.45) is 28.6 Å². The molecule has 0 radical (unpaired) electrons. The van der Waals surface area contributed by atoms with Crippen LogP contribution in [0.2, 0.25) is 0 Å². The van der Waals surface area contributed by atoms with E-state index in [0.717, 1.165) is 25.3 Å². The van der Waals surface area contributed by atoms with E-state index < -0.39 is 74.7 Å². The Balaban J connectivity index is 1.61. The maximum Gasteiger partial charge on any atom is 0.209 e. The first-order valence-corrected chi connectivity index (χ1v) is 17.4. The molecule has 0 heterocycles. The standard InChI is InChI=1S/C40H48O8/c1-8-23-13-14-24(18-25(23)17-22-11-9-10-12-22)26-15-16-27(42)30-28(26)20(4)38(6)32(34(30)44)36(46)40(48)35(45)29(21(5)41)33(43)31(19(2)3)39(40,7)37(38)47/h13-16,18-20,22,31,37,42-43,46-48H,8-12,17H2,1-7H3/t20-,31?,37-,38+,39+,40+/m1/s1. The molecule has 0 amide bonds. The van der Waals surface area contributed by atoms with Gasteiger partial charge in [-0.05, 0) is 71.4 Å². The van der Waals surface area contributed by atoms with Crippen LogP contribution >= 0.6 is 0 Å². The van der Waals surface area contributed by atoms with E-state index in [9.17, 15) is 39.9 Å². The van der Waals surface area contributed by atoms with Gasteiger partial charge in [0.15, 0.2) is 17.2 Å². The molecule has 1 unspecified atom stereocenters. The number of aromatic hydroxyl groups is 1. The number of carbonyl (C=O) groups excluding carboxylic acids is 3. The summed E-state index contributed by atoms with van der Waals surface area (Å²) in [6.07, 6.45) is 5.05. The number of aliphatic hydroxyl groups is 4. The third-order valence-electron chi connectivity index (χ3n) is 12.7. The molecule has 2 aromatic rings. The van der Waals surface area contributed by atoms with Crippen LogP contribution in [0.15, 0.2) is 53.0 Å². The van der Waals surface area contributed by atoms with Gasteiger partial charge in [0.25, 0.3) is 0 Å². The third kappa shape index (κ3) is 4.24. The van der Waals surface area contributed by atoms with Crippen molar-refractivity contribution in [3.8, 4) is 16.9 Å². The minimum atomic E-state index is -2.91. The van der Waals surface area contributed by atoms with Crippen LogP contribution in [0.5, 0.6) is 5.75 Å². The molecule has 8 nitrogen and oxygen atoms in total. The number of aliphatic hydroxyl groups excluding tert-OH is 3. The summed E-state index contributed by atoms with van der Waals surface area (Å²) in [7, 11) is 0. The molecule has 4 aliphatic rings. The SMILES string of the molecule is CCc1ccc(-c2ccc(O)c3c2[C@@H](C)[C@@]2(C)C(=C(O)[C@@]4(O)C(=O)C(C(C)=O)=C(O)C(C(C)C)[C@@]4(C)[C@@H]2O)C3=O)cc1CC1CCCC1. The van der Waals surface area contributed by atoms with Crippen molar-refractivity contribution in [3.63, 3.8) is 0 Å². The van der Waals surface area contributed by atoms with E-state index >= 15 is 0 Å². The zero-order chi connectivity index (χ0) is 35.2. The summed E-state index contributed by atoms with van der Waals surface area (Å²) in [5, 5.41) is 59.7. The first kappa shape index (κ1) is 34.1. The number of phenolic OH excluding ortho intramolecular Hbond substituents is 1. The van der Waals surface area contributed by atoms with Gasteiger partial charge in [0.05, 0.1) is 17.2 Å². The minimum absolute atomic E-state index is 0.0656. The van der Waals surface area contributed by atoms with Crippen molar-refractivity contribution >= 4 is 17.3 Å². The van der Waals surface area contributed by atoms with Gasteiger partial charge in [-0.3, -0.25) is 14.4 Å². The number of hydrogen-bond acceptors (Lipinski definition) is 8. The highest BCUT2D eigenvalue weighted by molar-refractivity contribution is 6.25. The average Bonchev–Trinajstić information content (AvgIpc) is 3.54. The minimum Gasteiger partial charge on any atom is -0.511 e. The number of allylic oxidation sites excluding steroid dienone is 1. The van der Waals surface area contributed by atoms with Gasteiger partial charge in [0, 0.05) is 16.7 Å². The van der Waals surface area contributed by atoms with Crippen molar-refractivity contribution in [1.82, 2.24) is 0 Å². The summed E-state index contributed by atoms with van der Waals surface area (Å²) >= 11 is 0. The summed E-state index contributed by atoms with van der Waals surface area (Å²) < 4.78 is 0. The Morgan fingerprint density at radius 2 is 1.65 bits per heavy atom. The molecule has 0 bridgehead atoms. The van der Waals surface area contributed by atoms with E-state index in [1.165, 1.54) is 49.8 Å². The molecule has 1 saturated carbocycles. The summed E-state index contributed by atoms with van der Waals surface area (Å²) in [6, 6.07) is 9.52. The molecule has 0 spiro atoms. The Morgan fingerprint density at radius 3 is 2.23 bits per heavy atom. The van der Waals surface area contributed by atoms with Gasteiger partial charge in [-0.2, -0.15) is 0 Å². The maximum atomic E-state index is 14.6. The Morgan fingerprint density at radius 1 is 1.00 bits per heavy atom. The predicted octanol–water partition coefficient (Wildman–Crippen LogP) is 6.84. The van der Waals surface area contributed by atoms with Crippen LogP contribution in [-0.4, -0.2) is 54.6 Å². The highest BCUT2D eigenvalue weighted by Crippen LogP contribution is 2.68. The molecule has 0 aromatic heterocycles. The van der Waals surface area contributed by atoms with Gasteiger partial charge in [0.2, 0.25) is 5.78 Å². The lowest BCUT2D eigenvalue weighted by Gasteiger charge is -2.63. The van der Waals surface area contributed by atoms with E-state index in [4.69, 9.17) is 0 Å². The first-order chi connectivity index (χ1) is 22.5. The van der Waals surface area contributed by atoms with Crippen molar-refractivity contribution in [2.45, 2.75) is 105 Å². The van der Waals surface area contributed by atoms with Crippen molar-refractivity contribution in [1.29, 1.82) is 0 Å². The molecule has 5 N–H and O–H groups in total. The monoisotopic (exact) mass is 656 g/mol. The van der Waals surface area contributed by atoms with Gasteiger partial charge in [-0.1, -0.05) is 91.5 Å². The van der Waals surface area contributed by atoms with Gasteiger partial charge >= 0.3 is 0 Å². The zero-order valence-electron chi connectivity index (χ0n) is 29.0. The van der Waals surface area contributed by atoms with Gasteiger partial charge in [-0.25, -0.2) is 0 Å². The molecule has 256 valence electrons. The number of fused-ring (bicyclic) bond motifs is 3. The molecule has 0 saturated heterocycles. The number of ketones is 3. The molecule has 4 aliphatic carbocycles. The second-order valence-electron chi connectivity index (χ2n) is 15.4. The Hall–Kier alpha value is -3.75. The summed E-state index contributed by atoms with van der Waals surface area (Å²) in [6.45, 7) is 11.5. The predicted molar refractivity (Wildman–Crippen MR) is 182 cm³/mol. The molecule has 6 atom stereocenters. The van der Waals surface area contributed by atoms with Crippen LogP contribution in [0, 0.1) is 28.6 Å². The molecule has 1 fully saturated rings. The quantitative estimate of drug-likeness (QED) is 0.212. The number of aryl methyl sites for hydroxylation is 1. The van der Waals surface area contributed by atoms with Crippen molar-refractivity contribution in [2.75, 3.05) is 0 Å². The third-order valence-corrected chi connectivity index (χ3v) is 12.7. The Labute approximate surface area is 282 Å². The number of carbonyl (C=O) groups is 3. The summed E-state index contributed by atoms with van der Waals surface area (Å²) in [5.74, 6) is -6.48. The second-order valence-corrected chi connectivity index (χ2v) is 15.4. The fourth-order valence-electron chi connectivity index (χ4n) is 10.1. The lowest BCUT2D eigenvalue weighted by atomic mass is 9.41. The van der Waals surface area contributed by atoms with E-state index in [-0.39, 0.29) is 16.9 Å². The number of rotatable bonds is 6. The fourth-order valence-corrected chi connectivity index (χ4v) is 10.1. The molecule has 48 heavy (non-hydrogen) atoms. The topological polar surface area (TPSA) is 152 Å². The fraction of sp³-hybridized carbons (Fsp3) is 0.525. The van der Waals surface area contributed by atoms with Crippen LogP contribution in [0.25, 0.3) is 11.1 Å². The second kappa shape index (κ2) is 11.4. The van der Waals surface area contributed by atoms with Crippen molar-refractivity contribution in [3.05, 3.63) is 75.3 Å². The first-order valence-electron chi connectivity index (χ1n) is 17.4. The summed E-state index contributed by atoms with van der Waals surface area (Å²) in [4.78, 5) is 41.4. The molecular weight excluding hydrogens is 608 g/mol. The number of Topliss-reactive ketones (excluding diaryl/α,β-unsaturated/α-hetero) is 3. The highest BCUT2D eigenvalue weighted by Gasteiger charge is 2.76. The number of hydrogen-bond donors (Lipinski definition) is 5. The normalized spacial score (nSPS) is 32.1. The van der Waals surface area contributed by atoms with E-state index in [2.05, 4.69) is 19.1 Å². The number of phenols is 1.